The molecule has 2 unspecified atom stereocenters. The van der Waals surface area contributed by atoms with Crippen LogP contribution in [-0.2, 0) is 15.7 Å². The number of aromatic nitrogens is 1. The summed E-state index contributed by atoms with van der Waals surface area (Å²) < 4.78 is 41.3. The zero-order valence-corrected chi connectivity index (χ0v) is 9.18. The number of aliphatic hydroxyl groups is 2. The first kappa shape index (κ1) is 14.4. The molecule has 0 aromatic carbocycles. The Morgan fingerprint density at radius 3 is 2.56 bits per heavy atom. The van der Waals surface area contributed by atoms with E-state index < -0.39 is 35.6 Å². The van der Waals surface area contributed by atoms with Crippen LogP contribution >= 0.6 is 0 Å². The van der Waals surface area contributed by atoms with E-state index in [0.717, 1.165) is 13.3 Å². The summed E-state index contributed by atoms with van der Waals surface area (Å²) >= 11 is 0. The van der Waals surface area contributed by atoms with Gasteiger partial charge in [-0.15, -0.1) is 0 Å². The molecule has 1 aromatic rings. The average molecular weight is 265 g/mol. The molecule has 2 N–H and O–H groups in total. The molecule has 1 heterocycles. The minimum Gasteiger partial charge on any atom is -0.467 e. The summed E-state index contributed by atoms with van der Waals surface area (Å²) in [5, 5.41) is 18.8. The number of aliphatic hydroxyl groups excluding tert-OH is 2. The smallest absolute Gasteiger partial charge is 0.416 e. The van der Waals surface area contributed by atoms with Crippen LogP contribution in [0.1, 0.15) is 17.4 Å². The van der Waals surface area contributed by atoms with Gasteiger partial charge in [-0.1, -0.05) is 0 Å². The van der Waals surface area contributed by atoms with Crippen LogP contribution < -0.4 is 0 Å². The van der Waals surface area contributed by atoms with Crippen molar-refractivity contribution >= 4 is 5.97 Å². The summed E-state index contributed by atoms with van der Waals surface area (Å²) in [6.07, 6.45) is -7.66. The fraction of sp³-hybridized carbons (Fsp3) is 0.400. The van der Waals surface area contributed by atoms with Gasteiger partial charge in [-0.2, -0.15) is 13.2 Å². The van der Waals surface area contributed by atoms with Crippen LogP contribution in [0.15, 0.2) is 18.3 Å². The van der Waals surface area contributed by atoms with Gasteiger partial charge in [0.05, 0.1) is 18.4 Å². The lowest BCUT2D eigenvalue weighted by molar-refractivity contribution is -0.157. The molecule has 0 aliphatic heterocycles. The van der Waals surface area contributed by atoms with Gasteiger partial charge in [0.25, 0.3) is 0 Å². The quantitative estimate of drug-likeness (QED) is 0.785. The zero-order valence-electron chi connectivity index (χ0n) is 9.18. The second-order valence-corrected chi connectivity index (χ2v) is 3.38. The molecule has 0 bridgehead atoms. The van der Waals surface area contributed by atoms with Crippen LogP contribution in [0, 0.1) is 0 Å². The Labute approximate surface area is 99.8 Å². The highest BCUT2D eigenvalue weighted by atomic mass is 19.4. The number of hydrogen-bond donors (Lipinski definition) is 2. The lowest BCUT2D eigenvalue weighted by Gasteiger charge is -2.16. The average Bonchev–Trinajstić information content (AvgIpc) is 2.35. The van der Waals surface area contributed by atoms with Gasteiger partial charge >= 0.3 is 12.1 Å². The number of esters is 1. The number of rotatable bonds is 3. The lowest BCUT2D eigenvalue weighted by atomic mass is 10.1. The molecule has 0 aliphatic rings. The number of nitrogens with zero attached hydrogens (tertiary/aromatic N) is 1. The number of halogens is 3. The van der Waals surface area contributed by atoms with Gasteiger partial charge < -0.3 is 14.9 Å². The summed E-state index contributed by atoms with van der Waals surface area (Å²) in [4.78, 5) is 14.4. The first-order valence-electron chi connectivity index (χ1n) is 4.74. The van der Waals surface area contributed by atoms with Crippen LogP contribution in [0.2, 0.25) is 0 Å². The molecule has 0 fully saturated rings. The molecule has 0 radical (unpaired) electrons. The second-order valence-electron chi connectivity index (χ2n) is 3.38. The van der Waals surface area contributed by atoms with E-state index in [0.29, 0.717) is 12.1 Å². The number of carbonyl (C=O) groups excluding carboxylic acids is 1. The number of hydrogen-bond acceptors (Lipinski definition) is 5. The van der Waals surface area contributed by atoms with Gasteiger partial charge in [-0.3, -0.25) is 4.98 Å². The van der Waals surface area contributed by atoms with Crippen LogP contribution in [-0.4, -0.2) is 34.4 Å². The molecular weight excluding hydrogens is 255 g/mol. The van der Waals surface area contributed by atoms with Gasteiger partial charge in [0, 0.05) is 6.20 Å². The molecule has 5 nitrogen and oxygen atoms in total. The van der Waals surface area contributed by atoms with E-state index in [4.69, 9.17) is 0 Å². The van der Waals surface area contributed by atoms with Crippen molar-refractivity contribution in [1.82, 2.24) is 4.98 Å². The van der Waals surface area contributed by atoms with Crippen LogP contribution in [0.25, 0.3) is 0 Å². The van der Waals surface area contributed by atoms with Crippen molar-refractivity contribution in [3.8, 4) is 0 Å². The molecule has 2 atom stereocenters. The summed E-state index contributed by atoms with van der Waals surface area (Å²) in [6, 6.07) is 1.26. The normalized spacial score (nSPS) is 15.0. The minimum atomic E-state index is -4.60. The first-order valence-corrected chi connectivity index (χ1v) is 4.74. The summed E-state index contributed by atoms with van der Waals surface area (Å²) in [7, 11) is 0.970. The van der Waals surface area contributed by atoms with E-state index in [1.807, 2.05) is 0 Å². The van der Waals surface area contributed by atoms with Crippen molar-refractivity contribution < 1.29 is 32.9 Å². The molecule has 0 saturated heterocycles. The van der Waals surface area contributed by atoms with Crippen molar-refractivity contribution in [2.24, 2.45) is 0 Å². The Bertz CT molecular complexity index is 435. The molecule has 8 heteroatoms. The van der Waals surface area contributed by atoms with Crippen molar-refractivity contribution in [1.29, 1.82) is 0 Å². The van der Waals surface area contributed by atoms with E-state index in [2.05, 4.69) is 9.72 Å². The van der Waals surface area contributed by atoms with Gasteiger partial charge in [0.2, 0.25) is 0 Å². The van der Waals surface area contributed by atoms with E-state index in [1.165, 1.54) is 0 Å². The number of ether oxygens (including phenoxy) is 1. The first-order chi connectivity index (χ1) is 8.27. The topological polar surface area (TPSA) is 79.7 Å². The molecule has 0 saturated carbocycles. The Balaban J connectivity index is 3.00. The van der Waals surface area contributed by atoms with E-state index in [1.54, 1.807) is 0 Å². The highest BCUT2D eigenvalue weighted by Gasteiger charge is 2.33. The predicted octanol–water partition coefficient (Wildman–Crippen LogP) is 0.668. The van der Waals surface area contributed by atoms with Gasteiger partial charge in [0.1, 0.15) is 6.10 Å². The van der Waals surface area contributed by atoms with Gasteiger partial charge in [-0.25, -0.2) is 4.79 Å². The highest BCUT2D eigenvalue weighted by Crippen LogP contribution is 2.30. The van der Waals surface area contributed by atoms with Crippen molar-refractivity contribution in [3.63, 3.8) is 0 Å². The predicted molar refractivity (Wildman–Crippen MR) is 52.2 cm³/mol. The molecule has 0 amide bonds. The van der Waals surface area contributed by atoms with Gasteiger partial charge in [-0.05, 0) is 12.1 Å². The third-order valence-corrected chi connectivity index (χ3v) is 2.15. The molecule has 1 rings (SSSR count). The van der Waals surface area contributed by atoms with E-state index in [9.17, 15) is 28.2 Å². The Kier molecular flexibility index (Phi) is 4.25. The SMILES string of the molecule is COC(=O)C(O)C(O)c1cc(C(F)(F)F)ccn1. The van der Waals surface area contributed by atoms with Crippen LogP contribution in [0.4, 0.5) is 13.2 Å². The summed E-state index contributed by atoms with van der Waals surface area (Å²) in [5.74, 6) is -1.17. The molecule has 100 valence electrons. The molecular formula is C10H10F3NO4. The van der Waals surface area contributed by atoms with Crippen molar-refractivity contribution in [2.45, 2.75) is 18.4 Å². The molecule has 18 heavy (non-hydrogen) atoms. The number of methoxy groups -OCH3 is 1. The maximum atomic E-state index is 12.4. The zero-order chi connectivity index (χ0) is 13.9. The largest absolute Gasteiger partial charge is 0.467 e. The third kappa shape index (κ3) is 3.17. The fourth-order valence-electron chi connectivity index (χ4n) is 1.20. The minimum absolute atomic E-state index is 0.470. The fourth-order valence-corrected chi connectivity index (χ4v) is 1.20. The monoisotopic (exact) mass is 265 g/mol. The molecule has 0 spiro atoms. The molecule has 1 aromatic heterocycles. The number of pyridine rings is 1. The molecule has 0 aliphatic carbocycles. The van der Waals surface area contributed by atoms with Crippen LogP contribution in [0.5, 0.6) is 0 Å². The third-order valence-electron chi connectivity index (χ3n) is 2.15. The lowest BCUT2D eigenvalue weighted by Crippen LogP contribution is -2.29. The van der Waals surface area contributed by atoms with E-state index in [-0.39, 0.29) is 0 Å². The Morgan fingerprint density at radius 2 is 2.06 bits per heavy atom. The van der Waals surface area contributed by atoms with Crippen molar-refractivity contribution in [2.75, 3.05) is 7.11 Å². The van der Waals surface area contributed by atoms with E-state index >= 15 is 0 Å². The number of alkyl halides is 3. The second kappa shape index (κ2) is 5.32. The van der Waals surface area contributed by atoms with Crippen LogP contribution in [0.3, 0.4) is 0 Å². The van der Waals surface area contributed by atoms with Gasteiger partial charge in [0.15, 0.2) is 6.10 Å². The standard InChI is InChI=1S/C10H10F3NO4/c1-18-9(17)8(16)7(15)6-4-5(2-3-14-6)10(11,12)13/h2-4,7-8,15-16H,1H3. The Morgan fingerprint density at radius 1 is 1.44 bits per heavy atom. The number of carbonyl (C=O) groups is 1. The summed E-state index contributed by atoms with van der Waals surface area (Å²) in [5.41, 5.74) is -1.51. The van der Waals surface area contributed by atoms with Crippen molar-refractivity contribution in [3.05, 3.63) is 29.6 Å². The maximum Gasteiger partial charge on any atom is 0.416 e. The highest BCUT2D eigenvalue weighted by molar-refractivity contribution is 5.75. The maximum absolute atomic E-state index is 12.4. The Hall–Kier alpha value is -1.67. The summed E-state index contributed by atoms with van der Waals surface area (Å²) in [6.45, 7) is 0.